The predicted octanol–water partition coefficient (Wildman–Crippen LogP) is 1.54. The number of halogens is 1. The molecule has 0 aromatic heterocycles. The number of piperazine rings is 1. The fourth-order valence-electron chi connectivity index (χ4n) is 2.92. The summed E-state index contributed by atoms with van der Waals surface area (Å²) in [6, 6.07) is 14.3. The molecule has 7 heteroatoms. The zero-order valence-corrected chi connectivity index (χ0v) is 14.7. The van der Waals surface area contributed by atoms with Crippen LogP contribution in [0.2, 0.25) is 0 Å². The quantitative estimate of drug-likeness (QED) is 0.889. The van der Waals surface area contributed by atoms with E-state index in [1.165, 1.54) is 18.2 Å². The second-order valence-corrected chi connectivity index (χ2v) is 6.23. The Bertz CT molecular complexity index is 833. The maximum absolute atomic E-state index is 13.2. The van der Waals surface area contributed by atoms with E-state index < -0.39 is 11.7 Å². The zero-order chi connectivity index (χ0) is 19.2. The van der Waals surface area contributed by atoms with E-state index in [0.717, 1.165) is 6.07 Å². The molecule has 1 fully saturated rings. The summed E-state index contributed by atoms with van der Waals surface area (Å²) in [7, 11) is 0. The zero-order valence-electron chi connectivity index (χ0n) is 14.7. The number of carbonyl (C=O) groups excluding carboxylic acids is 3. The molecule has 6 nitrogen and oxygen atoms in total. The average molecular weight is 369 g/mol. The van der Waals surface area contributed by atoms with E-state index in [2.05, 4.69) is 5.32 Å². The van der Waals surface area contributed by atoms with E-state index in [-0.39, 0.29) is 23.9 Å². The molecule has 3 amide bonds. The molecule has 1 aliphatic heterocycles. The highest BCUT2D eigenvalue weighted by atomic mass is 19.1. The monoisotopic (exact) mass is 369 g/mol. The number of carbonyl (C=O) groups is 3. The number of hydrogen-bond acceptors (Lipinski definition) is 3. The molecule has 1 heterocycles. The standard InChI is InChI=1S/C20H20FN3O3/c21-17-8-4-7-16(13-17)19(26)22-14-18(25)23-9-11-24(12-10-23)20(27)15-5-2-1-3-6-15/h1-8,13H,9-12,14H2,(H,22,26). The van der Waals surface area contributed by atoms with Crippen LogP contribution in [0.1, 0.15) is 20.7 Å². The van der Waals surface area contributed by atoms with Crippen LogP contribution in [0.3, 0.4) is 0 Å². The Balaban J connectivity index is 1.47. The lowest BCUT2D eigenvalue weighted by molar-refractivity contribution is -0.131. The second kappa shape index (κ2) is 8.44. The van der Waals surface area contributed by atoms with Gasteiger partial charge in [0.05, 0.1) is 6.54 Å². The van der Waals surface area contributed by atoms with Gasteiger partial charge in [-0.3, -0.25) is 14.4 Å². The molecule has 2 aromatic rings. The Morgan fingerprint density at radius 2 is 1.48 bits per heavy atom. The highest BCUT2D eigenvalue weighted by Crippen LogP contribution is 2.09. The highest BCUT2D eigenvalue weighted by molar-refractivity contribution is 5.96. The highest BCUT2D eigenvalue weighted by Gasteiger charge is 2.24. The summed E-state index contributed by atoms with van der Waals surface area (Å²) in [4.78, 5) is 40.0. The molecule has 0 radical (unpaired) electrons. The Hall–Kier alpha value is -3.22. The minimum atomic E-state index is -0.506. The van der Waals surface area contributed by atoms with Gasteiger partial charge >= 0.3 is 0 Å². The largest absolute Gasteiger partial charge is 0.343 e. The van der Waals surface area contributed by atoms with Crippen molar-refractivity contribution in [2.75, 3.05) is 32.7 Å². The molecular weight excluding hydrogens is 349 g/mol. The van der Waals surface area contributed by atoms with Crippen molar-refractivity contribution in [2.24, 2.45) is 0 Å². The van der Waals surface area contributed by atoms with Crippen molar-refractivity contribution in [3.05, 3.63) is 71.5 Å². The van der Waals surface area contributed by atoms with Crippen LogP contribution in [-0.2, 0) is 4.79 Å². The van der Waals surface area contributed by atoms with Crippen LogP contribution in [0.5, 0.6) is 0 Å². The molecular formula is C20H20FN3O3. The lowest BCUT2D eigenvalue weighted by atomic mass is 10.2. The summed E-state index contributed by atoms with van der Waals surface area (Å²) in [6.07, 6.45) is 0. The average Bonchev–Trinajstić information content (AvgIpc) is 2.72. The molecule has 1 saturated heterocycles. The summed E-state index contributed by atoms with van der Waals surface area (Å²) >= 11 is 0. The fourth-order valence-corrected chi connectivity index (χ4v) is 2.92. The molecule has 0 atom stereocenters. The van der Waals surface area contributed by atoms with E-state index in [1.807, 2.05) is 18.2 Å². The van der Waals surface area contributed by atoms with Crippen LogP contribution in [0.4, 0.5) is 4.39 Å². The summed E-state index contributed by atoms with van der Waals surface area (Å²) in [6.45, 7) is 1.54. The van der Waals surface area contributed by atoms with E-state index in [1.54, 1.807) is 21.9 Å². The molecule has 3 rings (SSSR count). The van der Waals surface area contributed by atoms with Crippen LogP contribution in [-0.4, -0.2) is 60.2 Å². The van der Waals surface area contributed by atoms with Gasteiger partial charge in [-0.15, -0.1) is 0 Å². The van der Waals surface area contributed by atoms with Crippen LogP contribution in [0, 0.1) is 5.82 Å². The van der Waals surface area contributed by atoms with E-state index in [4.69, 9.17) is 0 Å². The SMILES string of the molecule is O=C(NCC(=O)N1CCN(C(=O)c2ccccc2)CC1)c1cccc(F)c1. The predicted molar refractivity (Wildman–Crippen MR) is 97.7 cm³/mol. The van der Waals surface area contributed by atoms with Crippen LogP contribution >= 0.6 is 0 Å². The van der Waals surface area contributed by atoms with Crippen LogP contribution in [0.15, 0.2) is 54.6 Å². The summed E-state index contributed by atoms with van der Waals surface area (Å²) in [5.74, 6) is -1.29. The normalized spacial score (nSPS) is 14.0. The number of nitrogens with one attached hydrogen (secondary N) is 1. The fraction of sp³-hybridized carbons (Fsp3) is 0.250. The number of amides is 3. The van der Waals surface area contributed by atoms with E-state index in [0.29, 0.717) is 31.7 Å². The van der Waals surface area contributed by atoms with E-state index in [9.17, 15) is 18.8 Å². The topological polar surface area (TPSA) is 69.7 Å². The van der Waals surface area contributed by atoms with Crippen LogP contribution < -0.4 is 5.32 Å². The Labute approximate surface area is 156 Å². The lowest BCUT2D eigenvalue weighted by Crippen LogP contribution is -2.52. The second-order valence-electron chi connectivity index (χ2n) is 6.23. The first-order chi connectivity index (χ1) is 13.0. The molecule has 2 aromatic carbocycles. The summed E-state index contributed by atoms with van der Waals surface area (Å²) in [5.41, 5.74) is 0.792. The first kappa shape index (κ1) is 18.6. The Kier molecular flexibility index (Phi) is 5.80. The van der Waals surface area contributed by atoms with Crippen molar-refractivity contribution >= 4 is 17.7 Å². The summed E-state index contributed by atoms with van der Waals surface area (Å²) in [5, 5.41) is 2.51. The minimum absolute atomic E-state index is 0.0536. The Morgan fingerprint density at radius 3 is 2.15 bits per heavy atom. The molecule has 27 heavy (non-hydrogen) atoms. The van der Waals surface area contributed by atoms with Gasteiger partial charge in [-0.05, 0) is 30.3 Å². The van der Waals surface area contributed by atoms with Crippen molar-refractivity contribution < 1.29 is 18.8 Å². The molecule has 0 bridgehead atoms. The van der Waals surface area contributed by atoms with Crippen molar-refractivity contribution in [1.29, 1.82) is 0 Å². The first-order valence-corrected chi connectivity index (χ1v) is 8.70. The lowest BCUT2D eigenvalue weighted by Gasteiger charge is -2.34. The number of nitrogens with zero attached hydrogens (tertiary/aromatic N) is 2. The third kappa shape index (κ3) is 4.69. The van der Waals surface area contributed by atoms with Gasteiger partial charge in [-0.1, -0.05) is 24.3 Å². The van der Waals surface area contributed by atoms with Crippen molar-refractivity contribution in [2.45, 2.75) is 0 Å². The summed E-state index contributed by atoms with van der Waals surface area (Å²) < 4.78 is 13.2. The minimum Gasteiger partial charge on any atom is -0.343 e. The van der Waals surface area contributed by atoms with Crippen molar-refractivity contribution in [1.82, 2.24) is 15.1 Å². The Morgan fingerprint density at radius 1 is 0.852 bits per heavy atom. The number of rotatable bonds is 4. The van der Waals surface area contributed by atoms with Gasteiger partial charge in [0.2, 0.25) is 5.91 Å². The smallest absolute Gasteiger partial charge is 0.253 e. The number of hydrogen-bond donors (Lipinski definition) is 1. The van der Waals surface area contributed by atoms with Gasteiger partial charge in [-0.25, -0.2) is 4.39 Å². The van der Waals surface area contributed by atoms with Gasteiger partial charge in [0, 0.05) is 37.3 Å². The third-order valence-electron chi connectivity index (χ3n) is 4.43. The molecule has 0 aliphatic carbocycles. The molecule has 0 spiro atoms. The molecule has 0 unspecified atom stereocenters. The third-order valence-corrected chi connectivity index (χ3v) is 4.43. The van der Waals surface area contributed by atoms with Gasteiger partial charge < -0.3 is 15.1 Å². The van der Waals surface area contributed by atoms with Gasteiger partial charge in [0.15, 0.2) is 0 Å². The van der Waals surface area contributed by atoms with Crippen molar-refractivity contribution in [3.8, 4) is 0 Å². The van der Waals surface area contributed by atoms with Gasteiger partial charge in [-0.2, -0.15) is 0 Å². The van der Waals surface area contributed by atoms with Gasteiger partial charge in [0.25, 0.3) is 11.8 Å². The molecule has 1 aliphatic rings. The first-order valence-electron chi connectivity index (χ1n) is 8.70. The number of benzene rings is 2. The van der Waals surface area contributed by atoms with Gasteiger partial charge in [0.1, 0.15) is 5.82 Å². The molecule has 1 N–H and O–H groups in total. The van der Waals surface area contributed by atoms with E-state index >= 15 is 0 Å². The molecule has 140 valence electrons. The van der Waals surface area contributed by atoms with Crippen molar-refractivity contribution in [3.63, 3.8) is 0 Å². The maximum atomic E-state index is 13.2. The maximum Gasteiger partial charge on any atom is 0.253 e. The molecule has 0 saturated carbocycles. The van der Waals surface area contributed by atoms with Crippen LogP contribution in [0.25, 0.3) is 0 Å².